The standard InChI is InChI=1S/C24H16F5N7O/c25-15-5-4-13(24(27,28)29)9-19(15)35-23(37)34-18-6-3-12(8-16(18)26)20-14(17-2-1-7-31-17)10-36-21(20)22(30)32-11-33-36/h1-11,31H,(H2,30,32,33)(H2,34,35,37). The SMILES string of the molecule is Nc1ncnn2cc(-c3ccc[nH]3)c(-c3ccc(NC(=O)Nc4cc(C(F)(F)F)ccc4F)c(F)c3)c12. The summed E-state index contributed by atoms with van der Waals surface area (Å²) < 4.78 is 69.3. The molecule has 0 aliphatic carbocycles. The van der Waals surface area contributed by atoms with E-state index in [1.807, 2.05) is 11.4 Å². The second-order valence-electron chi connectivity index (χ2n) is 7.91. The van der Waals surface area contributed by atoms with Gasteiger partial charge in [0.1, 0.15) is 23.5 Å². The maximum atomic E-state index is 15.1. The fraction of sp³-hybridized carbons (Fsp3) is 0.0417. The van der Waals surface area contributed by atoms with Crippen LogP contribution in [0, 0.1) is 11.6 Å². The fourth-order valence-electron chi connectivity index (χ4n) is 3.87. The van der Waals surface area contributed by atoms with Crippen LogP contribution in [0.15, 0.2) is 67.3 Å². The van der Waals surface area contributed by atoms with Crippen LogP contribution in [0.3, 0.4) is 0 Å². The molecule has 8 nitrogen and oxygen atoms in total. The van der Waals surface area contributed by atoms with Gasteiger partial charge in [-0.05, 0) is 48.0 Å². The van der Waals surface area contributed by atoms with Gasteiger partial charge in [-0.25, -0.2) is 23.1 Å². The van der Waals surface area contributed by atoms with E-state index in [-0.39, 0.29) is 11.5 Å². The number of benzene rings is 2. The Morgan fingerprint density at radius 2 is 1.78 bits per heavy atom. The number of nitrogens with two attached hydrogens (primary N) is 1. The minimum atomic E-state index is -4.74. The number of halogens is 5. The van der Waals surface area contributed by atoms with E-state index in [1.165, 1.54) is 23.0 Å². The molecule has 0 fully saturated rings. The zero-order valence-electron chi connectivity index (χ0n) is 18.6. The average Bonchev–Trinajstić information content (AvgIpc) is 3.50. The Morgan fingerprint density at radius 1 is 1.00 bits per heavy atom. The van der Waals surface area contributed by atoms with Crippen LogP contribution in [-0.4, -0.2) is 25.6 Å². The number of carbonyl (C=O) groups is 1. The van der Waals surface area contributed by atoms with Crippen LogP contribution in [-0.2, 0) is 6.18 Å². The Balaban J connectivity index is 1.46. The van der Waals surface area contributed by atoms with Crippen molar-refractivity contribution < 1.29 is 26.7 Å². The molecule has 0 aliphatic heterocycles. The van der Waals surface area contributed by atoms with Gasteiger partial charge in [0.05, 0.1) is 16.9 Å². The molecular weight excluding hydrogens is 497 g/mol. The number of nitrogens with one attached hydrogen (secondary N) is 3. The predicted molar refractivity (Wildman–Crippen MR) is 127 cm³/mol. The molecule has 0 bridgehead atoms. The minimum absolute atomic E-state index is 0.160. The number of carbonyl (C=O) groups excluding carboxylic acids is 1. The smallest absolute Gasteiger partial charge is 0.382 e. The number of aromatic amines is 1. The third-order valence-electron chi connectivity index (χ3n) is 5.54. The largest absolute Gasteiger partial charge is 0.416 e. The summed E-state index contributed by atoms with van der Waals surface area (Å²) in [6.45, 7) is 0. The molecule has 3 heterocycles. The summed E-state index contributed by atoms with van der Waals surface area (Å²) in [5.41, 5.74) is 6.65. The second kappa shape index (κ2) is 8.93. The highest BCUT2D eigenvalue weighted by Gasteiger charge is 2.31. The summed E-state index contributed by atoms with van der Waals surface area (Å²) in [6, 6.07) is 7.95. The van der Waals surface area contributed by atoms with E-state index in [2.05, 4.69) is 20.4 Å². The summed E-state index contributed by atoms with van der Waals surface area (Å²) in [5, 5.41) is 8.30. The van der Waals surface area contributed by atoms with Crippen molar-refractivity contribution in [2.45, 2.75) is 6.18 Å². The van der Waals surface area contributed by atoms with Crippen molar-refractivity contribution >= 4 is 28.7 Å². The van der Waals surface area contributed by atoms with E-state index in [1.54, 1.807) is 18.5 Å². The molecule has 0 atom stereocenters. The Hall–Kier alpha value is -4.94. The molecule has 2 amide bonds. The van der Waals surface area contributed by atoms with E-state index < -0.39 is 35.1 Å². The molecule has 0 saturated heterocycles. The van der Waals surface area contributed by atoms with Gasteiger partial charge in [-0.1, -0.05) is 6.07 Å². The van der Waals surface area contributed by atoms with Crippen LogP contribution in [0.4, 0.5) is 43.9 Å². The van der Waals surface area contributed by atoms with Crippen molar-refractivity contribution in [1.29, 1.82) is 0 Å². The van der Waals surface area contributed by atoms with Crippen LogP contribution in [0.25, 0.3) is 27.9 Å². The van der Waals surface area contributed by atoms with Crippen LogP contribution in [0.2, 0.25) is 0 Å². The molecule has 2 aromatic carbocycles. The Kier molecular flexibility index (Phi) is 5.74. The van der Waals surface area contributed by atoms with Gasteiger partial charge in [-0.3, -0.25) is 0 Å². The highest BCUT2D eigenvalue weighted by Crippen LogP contribution is 2.39. The highest BCUT2D eigenvalue weighted by atomic mass is 19.4. The number of nitrogen functional groups attached to an aromatic ring is 1. The zero-order valence-corrected chi connectivity index (χ0v) is 18.6. The Bertz CT molecular complexity index is 1630. The number of hydrogen-bond acceptors (Lipinski definition) is 4. The molecule has 0 saturated carbocycles. The molecule has 0 aliphatic rings. The van der Waals surface area contributed by atoms with Gasteiger partial charge in [-0.2, -0.15) is 18.3 Å². The number of H-pyrrole nitrogens is 1. The van der Waals surface area contributed by atoms with E-state index >= 15 is 4.39 Å². The summed E-state index contributed by atoms with van der Waals surface area (Å²) >= 11 is 0. The fourth-order valence-corrected chi connectivity index (χ4v) is 3.87. The van der Waals surface area contributed by atoms with Gasteiger partial charge in [-0.15, -0.1) is 0 Å². The molecule has 0 unspecified atom stereocenters. The summed E-state index contributed by atoms with van der Waals surface area (Å²) in [4.78, 5) is 19.4. The lowest BCUT2D eigenvalue weighted by Gasteiger charge is -2.13. The molecule has 3 aromatic heterocycles. The van der Waals surface area contributed by atoms with E-state index in [9.17, 15) is 22.4 Å². The predicted octanol–water partition coefficient (Wildman–Crippen LogP) is 5.91. The van der Waals surface area contributed by atoms with Gasteiger partial charge < -0.3 is 21.4 Å². The lowest BCUT2D eigenvalue weighted by molar-refractivity contribution is -0.137. The summed E-state index contributed by atoms with van der Waals surface area (Å²) in [5.74, 6) is -1.78. The van der Waals surface area contributed by atoms with E-state index in [0.717, 1.165) is 6.07 Å². The van der Waals surface area contributed by atoms with Crippen molar-refractivity contribution in [3.05, 3.63) is 84.4 Å². The number of urea groups is 1. The number of anilines is 3. The van der Waals surface area contributed by atoms with E-state index in [4.69, 9.17) is 5.73 Å². The van der Waals surface area contributed by atoms with Gasteiger partial charge in [0.2, 0.25) is 0 Å². The third-order valence-corrected chi connectivity index (χ3v) is 5.54. The van der Waals surface area contributed by atoms with Crippen LogP contribution < -0.4 is 16.4 Å². The number of hydrogen-bond donors (Lipinski definition) is 4. The van der Waals surface area contributed by atoms with Gasteiger partial charge in [0, 0.05) is 29.2 Å². The van der Waals surface area contributed by atoms with Crippen molar-refractivity contribution in [2.24, 2.45) is 0 Å². The molecular formula is C24H16F5N7O. The van der Waals surface area contributed by atoms with Crippen molar-refractivity contribution in [1.82, 2.24) is 19.6 Å². The molecule has 5 rings (SSSR count). The number of nitrogens with zero attached hydrogens (tertiary/aromatic N) is 3. The quantitative estimate of drug-likeness (QED) is 0.224. The third kappa shape index (κ3) is 4.53. The molecule has 5 N–H and O–H groups in total. The second-order valence-corrected chi connectivity index (χ2v) is 7.91. The molecule has 5 aromatic rings. The van der Waals surface area contributed by atoms with Crippen molar-refractivity contribution in [2.75, 3.05) is 16.4 Å². The van der Waals surface area contributed by atoms with Crippen LogP contribution in [0.1, 0.15) is 5.56 Å². The van der Waals surface area contributed by atoms with Gasteiger partial charge >= 0.3 is 12.2 Å². The Labute approximate surface area is 204 Å². The first-order valence-corrected chi connectivity index (χ1v) is 10.6. The lowest BCUT2D eigenvalue weighted by atomic mass is 10.00. The number of fused-ring (bicyclic) bond motifs is 1. The molecule has 13 heteroatoms. The maximum Gasteiger partial charge on any atom is 0.416 e. The highest BCUT2D eigenvalue weighted by molar-refractivity contribution is 6.01. The average molecular weight is 513 g/mol. The lowest BCUT2D eigenvalue weighted by Crippen LogP contribution is -2.21. The number of alkyl halides is 3. The minimum Gasteiger partial charge on any atom is -0.382 e. The van der Waals surface area contributed by atoms with Crippen LogP contribution in [0.5, 0.6) is 0 Å². The number of aromatic nitrogens is 4. The topological polar surface area (TPSA) is 113 Å². The van der Waals surface area contributed by atoms with Gasteiger partial charge in [0.15, 0.2) is 5.82 Å². The first kappa shape index (κ1) is 23.8. The molecule has 0 radical (unpaired) electrons. The molecule has 37 heavy (non-hydrogen) atoms. The van der Waals surface area contributed by atoms with E-state index in [0.29, 0.717) is 46.1 Å². The summed E-state index contributed by atoms with van der Waals surface area (Å²) in [7, 11) is 0. The van der Waals surface area contributed by atoms with Crippen LogP contribution >= 0.6 is 0 Å². The first-order chi connectivity index (χ1) is 17.6. The maximum absolute atomic E-state index is 15.1. The zero-order chi connectivity index (χ0) is 26.3. The molecule has 0 spiro atoms. The van der Waals surface area contributed by atoms with Crippen molar-refractivity contribution in [3.63, 3.8) is 0 Å². The number of rotatable bonds is 4. The molecule has 188 valence electrons. The Morgan fingerprint density at radius 3 is 2.49 bits per heavy atom. The van der Waals surface area contributed by atoms with Crippen molar-refractivity contribution in [3.8, 4) is 22.4 Å². The first-order valence-electron chi connectivity index (χ1n) is 10.6. The summed E-state index contributed by atoms with van der Waals surface area (Å²) in [6.07, 6.45) is -0.0329. The monoisotopic (exact) mass is 513 g/mol. The number of amides is 2. The van der Waals surface area contributed by atoms with Gasteiger partial charge in [0.25, 0.3) is 0 Å². The normalized spacial score (nSPS) is 11.6.